The van der Waals surface area contributed by atoms with Crippen LogP contribution in [0.5, 0.6) is 0 Å². The maximum atomic E-state index is 15.2. The number of amides is 1. The number of hydrogen-bond donors (Lipinski definition) is 3. The minimum Gasteiger partial charge on any atom is -0.420 e. The highest BCUT2D eigenvalue weighted by Gasteiger charge is 2.56. The van der Waals surface area contributed by atoms with Crippen LogP contribution in [0.3, 0.4) is 0 Å². The molecule has 0 unspecified atom stereocenters. The Morgan fingerprint density at radius 3 is 2.15 bits per heavy atom. The Hall–Kier alpha value is -3.46. The highest BCUT2D eigenvalue weighted by atomic mass is 35.5. The molecule has 3 aromatic rings. The van der Waals surface area contributed by atoms with E-state index in [1.165, 1.54) is 0 Å². The van der Waals surface area contributed by atoms with Crippen molar-refractivity contribution in [3.05, 3.63) is 58.7 Å². The number of benzene rings is 2. The molecule has 0 bridgehead atoms. The number of fused-ring (bicyclic) bond motifs is 1. The second-order valence-electron chi connectivity index (χ2n) is 10.2. The molecule has 46 heavy (non-hydrogen) atoms. The lowest BCUT2D eigenvalue weighted by Gasteiger charge is -2.38. The van der Waals surface area contributed by atoms with Crippen LogP contribution in [-0.4, -0.2) is 79.4 Å². The summed E-state index contributed by atoms with van der Waals surface area (Å²) in [5, 5.41) is 18.1. The Kier molecular flexibility index (Phi) is 9.71. The number of nitrogens with zero attached hydrogens (tertiary/aromatic N) is 3. The summed E-state index contributed by atoms with van der Waals surface area (Å²) >= 11 is 5.93. The zero-order valence-electron chi connectivity index (χ0n) is 22.7. The largest absolute Gasteiger partial charge is 0.423 e. The van der Waals surface area contributed by atoms with Crippen LogP contribution in [0, 0.1) is 5.82 Å². The van der Waals surface area contributed by atoms with Gasteiger partial charge >= 0.3 is 12.4 Å². The smallest absolute Gasteiger partial charge is 0.420 e. The fourth-order valence-electron chi connectivity index (χ4n) is 4.33. The predicted octanol–water partition coefficient (Wildman–Crippen LogP) is 3.75. The molecule has 252 valence electrons. The summed E-state index contributed by atoms with van der Waals surface area (Å²) in [6, 6.07) is 6.92. The number of nitrogens with one attached hydrogen (secondary N) is 1. The van der Waals surface area contributed by atoms with Gasteiger partial charge < -0.3 is 25.5 Å². The Labute approximate surface area is 258 Å². The van der Waals surface area contributed by atoms with Gasteiger partial charge in [-0.2, -0.15) is 26.3 Å². The summed E-state index contributed by atoms with van der Waals surface area (Å²) in [5.74, 6) is -3.26. The zero-order chi connectivity index (χ0) is 34.4. The Balaban J connectivity index is 0.000000416. The van der Waals surface area contributed by atoms with Crippen molar-refractivity contribution in [3.8, 4) is 11.5 Å². The first-order valence-electron chi connectivity index (χ1n) is 12.7. The summed E-state index contributed by atoms with van der Waals surface area (Å²) in [4.78, 5) is 13.8. The molecule has 4 N–H and O–H groups in total. The minimum absolute atomic E-state index is 0.0907. The van der Waals surface area contributed by atoms with Crippen molar-refractivity contribution < 1.29 is 62.2 Å². The molecule has 0 spiro atoms. The van der Waals surface area contributed by atoms with E-state index in [1.54, 1.807) is 24.3 Å². The summed E-state index contributed by atoms with van der Waals surface area (Å²) in [6.07, 6.45) is -18.3. The number of rotatable bonds is 5. The van der Waals surface area contributed by atoms with Gasteiger partial charge in [-0.3, -0.25) is 4.79 Å². The number of aromatic nitrogens is 2. The molecule has 1 amide bonds. The number of anilines is 1. The SMILES string of the molecule is N[C@H]1CS(=O)(=O)c2cc(F)c(-c3nnc(C4(C(F)F)CNC4)o3)cc2N(Cc2ccc(Cl)cc2)C1=O.OC(C(F)(F)F)C(F)(F)F. The monoisotopic (exact) mass is 709 g/mol. The average molecular weight is 710 g/mol. The average Bonchev–Trinajstić information content (AvgIpc) is 3.38. The van der Waals surface area contributed by atoms with Gasteiger partial charge in [-0.05, 0) is 29.8 Å². The van der Waals surface area contributed by atoms with Crippen molar-refractivity contribution in [2.75, 3.05) is 23.7 Å². The number of carbonyl (C=O) groups is 1. The first kappa shape index (κ1) is 35.4. The van der Waals surface area contributed by atoms with Gasteiger partial charge in [0.2, 0.25) is 17.9 Å². The Bertz CT molecular complexity index is 1680. The molecule has 2 aromatic carbocycles. The number of halogens is 10. The molecular formula is C25H21ClF9N5O5S. The Morgan fingerprint density at radius 1 is 1.09 bits per heavy atom. The van der Waals surface area contributed by atoms with E-state index in [1.807, 2.05) is 0 Å². The van der Waals surface area contributed by atoms with E-state index in [0.29, 0.717) is 10.6 Å². The number of sulfone groups is 1. The van der Waals surface area contributed by atoms with Gasteiger partial charge in [0.05, 0.1) is 34.5 Å². The van der Waals surface area contributed by atoms with E-state index in [4.69, 9.17) is 26.9 Å². The van der Waals surface area contributed by atoms with Crippen molar-refractivity contribution in [2.24, 2.45) is 5.73 Å². The lowest BCUT2D eigenvalue weighted by Crippen LogP contribution is -2.61. The van der Waals surface area contributed by atoms with Crippen LogP contribution in [0.1, 0.15) is 11.5 Å². The molecular weight excluding hydrogens is 689 g/mol. The quantitative estimate of drug-likeness (QED) is 0.337. The topological polar surface area (TPSA) is 152 Å². The van der Waals surface area contributed by atoms with Crippen LogP contribution in [0.4, 0.5) is 45.2 Å². The number of aliphatic hydroxyl groups excluding tert-OH is 1. The molecule has 0 saturated carbocycles. The lowest BCUT2D eigenvalue weighted by molar-refractivity contribution is -0.308. The first-order valence-corrected chi connectivity index (χ1v) is 14.7. The van der Waals surface area contributed by atoms with Crippen molar-refractivity contribution >= 4 is 33.0 Å². The van der Waals surface area contributed by atoms with E-state index in [9.17, 15) is 48.3 Å². The van der Waals surface area contributed by atoms with Gasteiger partial charge in [0.15, 0.2) is 9.84 Å². The number of carbonyl (C=O) groups excluding carboxylic acids is 1. The van der Waals surface area contributed by atoms with Gasteiger partial charge in [0.25, 0.3) is 12.3 Å². The second-order valence-corrected chi connectivity index (χ2v) is 12.6. The summed E-state index contributed by atoms with van der Waals surface area (Å²) < 4.78 is 140. The van der Waals surface area contributed by atoms with Gasteiger partial charge in [-0.15, -0.1) is 10.2 Å². The summed E-state index contributed by atoms with van der Waals surface area (Å²) in [7, 11) is -4.16. The molecule has 1 aromatic heterocycles. The second kappa shape index (κ2) is 12.6. The molecule has 0 aliphatic carbocycles. The molecule has 1 fully saturated rings. The third kappa shape index (κ3) is 7.09. The highest BCUT2D eigenvalue weighted by Crippen LogP contribution is 2.39. The fraction of sp³-hybridized carbons (Fsp3) is 0.400. The number of nitrogens with two attached hydrogens (primary N) is 1. The lowest BCUT2D eigenvalue weighted by atomic mass is 9.82. The molecule has 3 heterocycles. The molecule has 1 saturated heterocycles. The standard InChI is InChI=1S/C22H19ClF3N5O4S.C3H2F6O/c23-12-3-1-11(2-4-12)7-31-16-5-13(14(24)6-17(16)36(33,34)8-15(27)19(31)32)18-29-30-21(35-18)22(20(25)26)9-28-10-22;4-2(5,6)1(10)3(7,8)9/h1-6,15,20,28H,7-10,27H2;1,10H/t15-;/m0./s1. The molecule has 2 aliphatic heterocycles. The third-order valence-corrected chi connectivity index (χ3v) is 8.96. The summed E-state index contributed by atoms with van der Waals surface area (Å²) in [6.45, 7) is -0.288. The molecule has 1 atom stereocenters. The number of alkyl halides is 8. The van der Waals surface area contributed by atoms with E-state index >= 15 is 4.39 Å². The molecule has 10 nitrogen and oxygen atoms in total. The highest BCUT2D eigenvalue weighted by molar-refractivity contribution is 7.91. The molecule has 2 aliphatic rings. The minimum atomic E-state index is -5.63. The van der Waals surface area contributed by atoms with Crippen molar-refractivity contribution in [3.63, 3.8) is 0 Å². The summed E-state index contributed by atoms with van der Waals surface area (Å²) in [5.41, 5.74) is 4.31. The van der Waals surface area contributed by atoms with Crippen molar-refractivity contribution in [1.82, 2.24) is 15.5 Å². The normalized spacial score (nSPS) is 19.3. The molecule has 5 rings (SSSR count). The van der Waals surface area contributed by atoms with E-state index in [-0.39, 0.29) is 36.8 Å². The van der Waals surface area contributed by atoms with E-state index in [2.05, 4.69) is 15.5 Å². The zero-order valence-corrected chi connectivity index (χ0v) is 24.3. The molecule has 21 heteroatoms. The van der Waals surface area contributed by atoms with Crippen LogP contribution in [0.25, 0.3) is 11.5 Å². The number of hydrogen-bond acceptors (Lipinski definition) is 9. The Morgan fingerprint density at radius 2 is 1.67 bits per heavy atom. The predicted molar refractivity (Wildman–Crippen MR) is 141 cm³/mol. The molecule has 0 radical (unpaired) electrons. The van der Waals surface area contributed by atoms with E-state index in [0.717, 1.165) is 17.0 Å². The van der Waals surface area contributed by atoms with Crippen LogP contribution < -0.4 is 16.0 Å². The van der Waals surface area contributed by atoms with Gasteiger partial charge in [-0.1, -0.05) is 23.7 Å². The third-order valence-electron chi connectivity index (χ3n) is 6.91. The first-order chi connectivity index (χ1) is 21.2. The number of aliphatic hydroxyl groups is 1. The van der Waals surface area contributed by atoms with Crippen LogP contribution >= 0.6 is 11.6 Å². The maximum absolute atomic E-state index is 15.2. The fourth-order valence-corrected chi connectivity index (χ4v) is 6.02. The van der Waals surface area contributed by atoms with Crippen LogP contribution in [0.2, 0.25) is 5.02 Å². The van der Waals surface area contributed by atoms with Crippen LogP contribution in [-0.2, 0) is 26.6 Å². The van der Waals surface area contributed by atoms with Gasteiger partial charge in [0.1, 0.15) is 11.2 Å². The van der Waals surface area contributed by atoms with Crippen molar-refractivity contribution in [2.45, 2.75) is 47.8 Å². The van der Waals surface area contributed by atoms with Crippen molar-refractivity contribution in [1.29, 1.82) is 0 Å². The maximum Gasteiger partial charge on any atom is 0.423 e. The van der Waals surface area contributed by atoms with Gasteiger partial charge in [0, 0.05) is 18.1 Å². The van der Waals surface area contributed by atoms with Gasteiger partial charge in [-0.25, -0.2) is 21.6 Å². The van der Waals surface area contributed by atoms with E-state index < -0.39 is 74.4 Å². The van der Waals surface area contributed by atoms with Crippen LogP contribution in [0.15, 0.2) is 45.7 Å².